The van der Waals surface area contributed by atoms with Gasteiger partial charge < -0.3 is 11.5 Å². The Morgan fingerprint density at radius 2 is 1.89 bits per heavy atom. The highest BCUT2D eigenvalue weighted by molar-refractivity contribution is 7.99. The van der Waals surface area contributed by atoms with Crippen molar-refractivity contribution in [2.75, 3.05) is 17.2 Å². The second-order valence-electron chi connectivity index (χ2n) is 4.38. The van der Waals surface area contributed by atoms with Gasteiger partial charge in [-0.25, -0.2) is 0 Å². The van der Waals surface area contributed by atoms with Crippen molar-refractivity contribution in [3.05, 3.63) is 53.1 Å². The predicted octanol–water partition coefficient (Wildman–Crippen LogP) is 4.23. The number of anilines is 2. The summed E-state index contributed by atoms with van der Waals surface area (Å²) in [5.41, 5.74) is 14.2. The smallest absolute Gasteiger partial charge is 0.0646 e. The number of thioether (sulfide) groups is 1. The van der Waals surface area contributed by atoms with Gasteiger partial charge in [0.1, 0.15) is 0 Å². The quantitative estimate of drug-likeness (QED) is 0.492. The monoisotopic (exact) mass is 292 g/mol. The molecule has 0 fully saturated rings. The van der Waals surface area contributed by atoms with Crippen molar-refractivity contribution in [3.8, 4) is 0 Å². The lowest BCUT2D eigenvalue weighted by Crippen LogP contribution is -1.91. The first kappa shape index (κ1) is 14.1. The van der Waals surface area contributed by atoms with E-state index in [4.69, 9.17) is 23.1 Å². The highest BCUT2D eigenvalue weighted by atomic mass is 35.5. The molecule has 2 aromatic rings. The molecule has 2 aromatic carbocycles. The van der Waals surface area contributed by atoms with Gasteiger partial charge in [-0.3, -0.25) is 0 Å². The van der Waals surface area contributed by atoms with Crippen LogP contribution in [0.2, 0.25) is 5.02 Å². The van der Waals surface area contributed by atoms with E-state index in [-0.39, 0.29) is 0 Å². The number of benzene rings is 2. The van der Waals surface area contributed by atoms with Crippen molar-refractivity contribution in [3.63, 3.8) is 0 Å². The Balaban J connectivity index is 1.79. The number of nitrogen functional groups attached to an aromatic ring is 2. The first-order valence-electron chi connectivity index (χ1n) is 6.17. The Hall–Kier alpha value is -1.32. The van der Waals surface area contributed by atoms with Crippen LogP contribution in [0.5, 0.6) is 0 Å². The summed E-state index contributed by atoms with van der Waals surface area (Å²) in [6.45, 7) is 0. The van der Waals surface area contributed by atoms with E-state index in [0.717, 1.165) is 29.2 Å². The van der Waals surface area contributed by atoms with Crippen molar-refractivity contribution >= 4 is 34.7 Å². The van der Waals surface area contributed by atoms with Gasteiger partial charge >= 0.3 is 0 Å². The highest BCUT2D eigenvalue weighted by Crippen LogP contribution is 2.27. The standard InChI is InChI=1S/C15H17ClN2S/c16-14-10-13(6-7-15(14)18)19-8-2-4-11-3-1-5-12(17)9-11/h1,3,5-7,9-10H,2,4,8,17-18H2. The fourth-order valence-corrected chi connectivity index (χ4v) is 2.95. The Kier molecular flexibility index (Phi) is 5.00. The van der Waals surface area contributed by atoms with Crippen molar-refractivity contribution in [1.29, 1.82) is 0 Å². The van der Waals surface area contributed by atoms with E-state index in [1.54, 1.807) is 11.8 Å². The summed E-state index contributed by atoms with van der Waals surface area (Å²) in [6.07, 6.45) is 2.15. The van der Waals surface area contributed by atoms with Gasteiger partial charge in [-0.1, -0.05) is 23.7 Å². The lowest BCUT2D eigenvalue weighted by Gasteiger charge is -2.05. The number of aryl methyl sites for hydroxylation is 1. The molecule has 0 spiro atoms. The third-order valence-corrected chi connectivity index (χ3v) is 4.21. The lowest BCUT2D eigenvalue weighted by molar-refractivity contribution is 0.933. The summed E-state index contributed by atoms with van der Waals surface area (Å²) < 4.78 is 0. The second kappa shape index (κ2) is 6.73. The Bertz CT molecular complexity index is 558. The van der Waals surface area contributed by atoms with Crippen LogP contribution in [0.15, 0.2) is 47.4 Å². The molecule has 0 aliphatic carbocycles. The van der Waals surface area contributed by atoms with Crippen molar-refractivity contribution in [1.82, 2.24) is 0 Å². The summed E-state index contributed by atoms with van der Waals surface area (Å²) in [5.74, 6) is 1.05. The zero-order valence-electron chi connectivity index (χ0n) is 10.6. The Labute approximate surface area is 123 Å². The van der Waals surface area contributed by atoms with Crippen molar-refractivity contribution < 1.29 is 0 Å². The maximum absolute atomic E-state index is 5.99. The van der Waals surface area contributed by atoms with Crippen LogP contribution in [0.4, 0.5) is 11.4 Å². The minimum absolute atomic E-state index is 0.626. The van der Waals surface area contributed by atoms with Gasteiger partial charge in [-0.15, -0.1) is 11.8 Å². The summed E-state index contributed by atoms with van der Waals surface area (Å²) >= 11 is 7.78. The zero-order valence-corrected chi connectivity index (χ0v) is 12.2. The molecule has 0 aliphatic rings. The molecule has 19 heavy (non-hydrogen) atoms. The lowest BCUT2D eigenvalue weighted by atomic mass is 10.1. The van der Waals surface area contributed by atoms with E-state index < -0.39 is 0 Å². The molecule has 0 aliphatic heterocycles. The van der Waals surface area contributed by atoms with Gasteiger partial charge in [-0.2, -0.15) is 0 Å². The molecule has 0 saturated carbocycles. The van der Waals surface area contributed by atoms with Crippen molar-refractivity contribution in [2.45, 2.75) is 17.7 Å². The minimum Gasteiger partial charge on any atom is -0.399 e. The molecule has 100 valence electrons. The Morgan fingerprint density at radius 1 is 1.05 bits per heavy atom. The Morgan fingerprint density at radius 3 is 2.63 bits per heavy atom. The molecule has 2 rings (SSSR count). The molecule has 0 radical (unpaired) electrons. The SMILES string of the molecule is Nc1cccc(CCCSc2ccc(N)c(Cl)c2)c1. The highest BCUT2D eigenvalue weighted by Gasteiger charge is 2.00. The molecule has 2 nitrogen and oxygen atoms in total. The minimum atomic E-state index is 0.626. The maximum atomic E-state index is 5.99. The van der Waals surface area contributed by atoms with Crippen LogP contribution in [0.1, 0.15) is 12.0 Å². The number of nitrogens with two attached hydrogens (primary N) is 2. The van der Waals surface area contributed by atoms with Crippen LogP contribution in [0.3, 0.4) is 0 Å². The van der Waals surface area contributed by atoms with E-state index >= 15 is 0 Å². The summed E-state index contributed by atoms with van der Waals surface area (Å²) in [5, 5.41) is 0.626. The first-order valence-corrected chi connectivity index (χ1v) is 7.54. The van der Waals surface area contributed by atoms with Crippen molar-refractivity contribution in [2.24, 2.45) is 0 Å². The summed E-state index contributed by atoms with van der Waals surface area (Å²) in [7, 11) is 0. The van der Waals surface area contributed by atoms with Gasteiger partial charge in [0.15, 0.2) is 0 Å². The number of halogens is 1. The first-order chi connectivity index (χ1) is 9.15. The molecule has 0 unspecified atom stereocenters. The molecule has 0 saturated heterocycles. The fraction of sp³-hybridized carbons (Fsp3) is 0.200. The van der Waals surface area contributed by atoms with Gasteiger partial charge in [0, 0.05) is 10.6 Å². The van der Waals surface area contributed by atoms with Crippen LogP contribution >= 0.6 is 23.4 Å². The maximum Gasteiger partial charge on any atom is 0.0646 e. The molecule has 0 heterocycles. The fourth-order valence-electron chi connectivity index (χ4n) is 1.81. The van der Waals surface area contributed by atoms with E-state index in [1.807, 2.05) is 36.4 Å². The average molecular weight is 293 g/mol. The molecular weight excluding hydrogens is 276 g/mol. The third-order valence-electron chi connectivity index (χ3n) is 2.80. The molecule has 4 heteroatoms. The predicted molar refractivity (Wildman–Crippen MR) is 85.8 cm³/mol. The largest absolute Gasteiger partial charge is 0.399 e. The van der Waals surface area contributed by atoms with Gasteiger partial charge in [0.2, 0.25) is 0 Å². The van der Waals surface area contributed by atoms with E-state index in [2.05, 4.69) is 6.07 Å². The van der Waals surface area contributed by atoms with Crippen LogP contribution in [0.25, 0.3) is 0 Å². The van der Waals surface area contributed by atoms with Gasteiger partial charge in [0.05, 0.1) is 10.7 Å². The summed E-state index contributed by atoms with van der Waals surface area (Å²) in [4.78, 5) is 1.16. The normalized spacial score (nSPS) is 10.6. The van der Waals surface area contributed by atoms with Crippen LogP contribution in [-0.2, 0) is 6.42 Å². The second-order valence-corrected chi connectivity index (χ2v) is 5.96. The molecular formula is C15H17ClN2S. The van der Waals surface area contributed by atoms with E-state index in [9.17, 15) is 0 Å². The van der Waals surface area contributed by atoms with Crippen LogP contribution < -0.4 is 11.5 Å². The number of rotatable bonds is 5. The van der Waals surface area contributed by atoms with Gasteiger partial charge in [0.25, 0.3) is 0 Å². The topological polar surface area (TPSA) is 52.0 Å². The summed E-state index contributed by atoms with van der Waals surface area (Å²) in [6, 6.07) is 13.8. The molecule has 0 atom stereocenters. The average Bonchev–Trinajstić information content (AvgIpc) is 2.39. The molecule has 0 bridgehead atoms. The number of hydrogen-bond acceptors (Lipinski definition) is 3. The molecule has 0 aromatic heterocycles. The van der Waals surface area contributed by atoms with E-state index in [1.165, 1.54) is 5.56 Å². The number of hydrogen-bond donors (Lipinski definition) is 2. The third kappa shape index (κ3) is 4.37. The van der Waals surface area contributed by atoms with E-state index in [0.29, 0.717) is 10.7 Å². The van der Waals surface area contributed by atoms with Crippen LogP contribution in [0, 0.1) is 0 Å². The zero-order chi connectivity index (χ0) is 13.7. The van der Waals surface area contributed by atoms with Gasteiger partial charge in [-0.05, 0) is 54.5 Å². The molecule has 0 amide bonds. The van der Waals surface area contributed by atoms with Crippen LogP contribution in [-0.4, -0.2) is 5.75 Å². The molecule has 4 N–H and O–H groups in total.